The van der Waals surface area contributed by atoms with E-state index >= 15 is 0 Å². The Morgan fingerprint density at radius 3 is 2.76 bits per heavy atom. The van der Waals surface area contributed by atoms with E-state index in [1.165, 1.54) is 22.6 Å². The van der Waals surface area contributed by atoms with Crippen molar-refractivity contribution < 1.29 is 19.4 Å². The van der Waals surface area contributed by atoms with E-state index in [1.54, 1.807) is 14.0 Å². The maximum atomic E-state index is 12.5. The maximum absolute atomic E-state index is 12.5. The molecular formula is C14H18N2O4S. The molecular weight excluding hydrogens is 292 g/mol. The number of aliphatic hydroxyl groups excluding tert-OH is 2. The molecule has 0 aliphatic heterocycles. The number of amides is 1. The number of aromatic nitrogens is 1. The highest BCUT2D eigenvalue weighted by atomic mass is 32.1. The van der Waals surface area contributed by atoms with Crippen LogP contribution >= 0.6 is 11.3 Å². The molecule has 0 aromatic carbocycles. The van der Waals surface area contributed by atoms with Crippen molar-refractivity contribution in [2.75, 3.05) is 26.8 Å². The molecule has 2 heterocycles. The molecule has 0 fully saturated rings. The first kappa shape index (κ1) is 15.7. The van der Waals surface area contributed by atoms with Crippen molar-refractivity contribution in [1.82, 2.24) is 9.88 Å². The van der Waals surface area contributed by atoms with E-state index in [1.807, 2.05) is 17.5 Å². The molecule has 0 aliphatic rings. The van der Waals surface area contributed by atoms with Gasteiger partial charge in [0.05, 0.1) is 18.1 Å². The lowest BCUT2D eigenvalue weighted by molar-refractivity contribution is 0.0364. The highest BCUT2D eigenvalue weighted by Gasteiger charge is 2.29. The molecule has 0 bridgehead atoms. The summed E-state index contributed by atoms with van der Waals surface area (Å²) in [5.41, 5.74) is -0.518. The van der Waals surface area contributed by atoms with E-state index in [2.05, 4.69) is 4.98 Å². The third kappa shape index (κ3) is 3.31. The van der Waals surface area contributed by atoms with Crippen LogP contribution in [0.25, 0.3) is 10.6 Å². The van der Waals surface area contributed by atoms with Crippen molar-refractivity contribution >= 4 is 17.2 Å². The first-order valence-corrected chi connectivity index (χ1v) is 7.33. The van der Waals surface area contributed by atoms with Crippen molar-refractivity contribution in [3.8, 4) is 10.6 Å². The zero-order chi connectivity index (χ0) is 15.5. The van der Waals surface area contributed by atoms with Gasteiger partial charge in [0.2, 0.25) is 0 Å². The standard InChI is InChI=1S/C14H18N2O4S/c1-14(7-17,8-18)6-16(2)13(19)11-12(20-9-15-11)10-4-3-5-21-10/h3-5,9,17-18H,6-8H2,1-2H3. The minimum absolute atomic E-state index is 0.211. The van der Waals surface area contributed by atoms with E-state index in [9.17, 15) is 15.0 Å². The topological polar surface area (TPSA) is 86.8 Å². The summed E-state index contributed by atoms with van der Waals surface area (Å²) < 4.78 is 5.32. The van der Waals surface area contributed by atoms with Gasteiger partial charge in [0.15, 0.2) is 17.8 Å². The second kappa shape index (κ2) is 6.38. The molecule has 2 aromatic heterocycles. The van der Waals surface area contributed by atoms with Crippen molar-refractivity contribution in [1.29, 1.82) is 0 Å². The first-order valence-electron chi connectivity index (χ1n) is 6.45. The zero-order valence-corrected chi connectivity index (χ0v) is 12.8. The lowest BCUT2D eigenvalue weighted by Crippen LogP contribution is -2.41. The number of thiophene rings is 1. The minimum Gasteiger partial charge on any atom is -0.442 e. The number of hydrogen-bond acceptors (Lipinski definition) is 6. The smallest absolute Gasteiger partial charge is 0.276 e. The minimum atomic E-state index is -0.753. The van der Waals surface area contributed by atoms with Crippen molar-refractivity contribution in [2.45, 2.75) is 6.92 Å². The molecule has 21 heavy (non-hydrogen) atoms. The Hall–Kier alpha value is -1.70. The monoisotopic (exact) mass is 310 g/mol. The normalized spacial score (nSPS) is 11.6. The number of carbonyl (C=O) groups is 1. The van der Waals surface area contributed by atoms with Gasteiger partial charge in [-0.05, 0) is 11.4 Å². The average Bonchev–Trinajstić information content (AvgIpc) is 3.16. The van der Waals surface area contributed by atoms with Crippen molar-refractivity contribution in [2.24, 2.45) is 5.41 Å². The van der Waals surface area contributed by atoms with Gasteiger partial charge in [0, 0.05) is 19.0 Å². The van der Waals surface area contributed by atoms with Crippen molar-refractivity contribution in [3.05, 3.63) is 29.6 Å². The highest BCUT2D eigenvalue weighted by Crippen LogP contribution is 2.28. The summed E-state index contributed by atoms with van der Waals surface area (Å²) in [6.45, 7) is 1.50. The van der Waals surface area contributed by atoms with E-state index < -0.39 is 5.41 Å². The first-order chi connectivity index (χ1) is 10.0. The van der Waals surface area contributed by atoms with Gasteiger partial charge in [-0.25, -0.2) is 4.98 Å². The molecule has 114 valence electrons. The Morgan fingerprint density at radius 2 is 2.19 bits per heavy atom. The number of aliphatic hydroxyl groups is 2. The average molecular weight is 310 g/mol. The summed E-state index contributed by atoms with van der Waals surface area (Å²) >= 11 is 1.46. The van der Waals surface area contributed by atoms with Crippen LogP contribution in [0.2, 0.25) is 0 Å². The van der Waals surface area contributed by atoms with Crippen LogP contribution in [-0.2, 0) is 0 Å². The molecule has 2 rings (SSSR count). The Balaban J connectivity index is 2.19. The van der Waals surface area contributed by atoms with Crippen LogP contribution in [0.5, 0.6) is 0 Å². The molecule has 2 N–H and O–H groups in total. The van der Waals surface area contributed by atoms with Gasteiger partial charge < -0.3 is 19.5 Å². The fourth-order valence-electron chi connectivity index (χ4n) is 1.96. The molecule has 0 unspecified atom stereocenters. The molecule has 0 radical (unpaired) electrons. The van der Waals surface area contributed by atoms with Crippen LogP contribution < -0.4 is 0 Å². The summed E-state index contributed by atoms with van der Waals surface area (Å²) in [4.78, 5) is 18.7. The Labute approximate surface area is 126 Å². The maximum Gasteiger partial charge on any atom is 0.276 e. The van der Waals surface area contributed by atoms with Gasteiger partial charge in [0.1, 0.15) is 0 Å². The predicted molar refractivity (Wildman–Crippen MR) is 79.1 cm³/mol. The van der Waals surface area contributed by atoms with E-state index in [4.69, 9.17) is 4.42 Å². The summed E-state index contributed by atoms with van der Waals surface area (Å²) in [6, 6.07) is 3.72. The number of hydrogen-bond donors (Lipinski definition) is 2. The molecule has 0 atom stereocenters. The largest absolute Gasteiger partial charge is 0.442 e. The summed E-state index contributed by atoms with van der Waals surface area (Å²) in [5, 5.41) is 20.5. The van der Waals surface area contributed by atoms with Gasteiger partial charge in [-0.3, -0.25) is 4.79 Å². The fourth-order valence-corrected chi connectivity index (χ4v) is 2.67. The van der Waals surface area contributed by atoms with Gasteiger partial charge in [-0.1, -0.05) is 13.0 Å². The van der Waals surface area contributed by atoms with Gasteiger partial charge in [-0.15, -0.1) is 11.3 Å². The number of oxazole rings is 1. The summed E-state index contributed by atoms with van der Waals surface area (Å²) in [5.74, 6) is 0.136. The van der Waals surface area contributed by atoms with Crippen LogP contribution in [0.4, 0.5) is 0 Å². The summed E-state index contributed by atoms with van der Waals surface area (Å²) in [6.07, 6.45) is 1.24. The lowest BCUT2D eigenvalue weighted by Gasteiger charge is -2.30. The Morgan fingerprint density at radius 1 is 1.48 bits per heavy atom. The zero-order valence-electron chi connectivity index (χ0n) is 11.9. The van der Waals surface area contributed by atoms with Crippen LogP contribution in [0, 0.1) is 5.41 Å². The highest BCUT2D eigenvalue weighted by molar-refractivity contribution is 7.13. The van der Waals surface area contributed by atoms with E-state index in [-0.39, 0.29) is 31.4 Å². The summed E-state index contributed by atoms with van der Waals surface area (Å²) in [7, 11) is 1.61. The lowest BCUT2D eigenvalue weighted by atomic mass is 9.92. The van der Waals surface area contributed by atoms with Crippen molar-refractivity contribution in [3.63, 3.8) is 0 Å². The van der Waals surface area contributed by atoms with E-state index in [0.717, 1.165) is 4.88 Å². The molecule has 0 saturated carbocycles. The number of rotatable bonds is 6. The molecule has 1 amide bonds. The van der Waals surface area contributed by atoms with Gasteiger partial charge in [0.25, 0.3) is 5.91 Å². The number of nitrogens with zero attached hydrogens (tertiary/aromatic N) is 2. The third-order valence-electron chi connectivity index (χ3n) is 3.24. The van der Waals surface area contributed by atoms with E-state index in [0.29, 0.717) is 5.76 Å². The molecule has 6 nitrogen and oxygen atoms in total. The number of carbonyl (C=O) groups excluding carboxylic acids is 1. The van der Waals surface area contributed by atoms with Gasteiger partial charge >= 0.3 is 0 Å². The fraction of sp³-hybridized carbons (Fsp3) is 0.429. The molecule has 0 saturated heterocycles. The third-order valence-corrected chi connectivity index (χ3v) is 4.11. The van der Waals surface area contributed by atoms with Crippen LogP contribution in [0.15, 0.2) is 28.3 Å². The van der Waals surface area contributed by atoms with Crippen LogP contribution in [-0.4, -0.2) is 52.8 Å². The second-order valence-corrected chi connectivity index (χ2v) is 6.24. The second-order valence-electron chi connectivity index (χ2n) is 5.30. The molecule has 0 aliphatic carbocycles. The van der Waals surface area contributed by atoms with Gasteiger partial charge in [-0.2, -0.15) is 0 Å². The Kier molecular flexibility index (Phi) is 4.76. The predicted octanol–water partition coefficient (Wildman–Crippen LogP) is 1.47. The SMILES string of the molecule is CN(CC(C)(CO)CO)C(=O)c1ncoc1-c1cccs1. The molecule has 0 spiro atoms. The quantitative estimate of drug-likeness (QED) is 0.843. The van der Waals surface area contributed by atoms with Crippen LogP contribution in [0.1, 0.15) is 17.4 Å². The molecule has 7 heteroatoms. The van der Waals surface area contributed by atoms with Crippen LogP contribution in [0.3, 0.4) is 0 Å². The molecule has 2 aromatic rings. The Bertz CT molecular complexity index is 590.